The van der Waals surface area contributed by atoms with Crippen molar-refractivity contribution < 1.29 is 13.7 Å². The van der Waals surface area contributed by atoms with Crippen LogP contribution < -0.4 is 16.4 Å². The standard InChI is InChI=1S/C12H22N4O3S2/c1-8(4-7-21(3)18)15-11(17)9-10(13)16-12(20-9)14-5-6-19-2/h8H,4-7,13H2,1-3H3,(H,14,16)(H,15,17). The Morgan fingerprint density at radius 1 is 1.57 bits per heavy atom. The van der Waals surface area contributed by atoms with Gasteiger partial charge in [-0.2, -0.15) is 0 Å². The number of hydrogen-bond donors (Lipinski definition) is 3. The number of hydrogen-bond acceptors (Lipinski definition) is 7. The first-order valence-electron chi connectivity index (χ1n) is 6.54. The van der Waals surface area contributed by atoms with Crippen LogP contribution in [-0.2, 0) is 15.5 Å². The Hall–Kier alpha value is -1.19. The van der Waals surface area contributed by atoms with Crippen LogP contribution in [0.1, 0.15) is 23.0 Å². The molecule has 2 unspecified atom stereocenters. The lowest BCUT2D eigenvalue weighted by atomic mass is 10.2. The molecule has 0 radical (unpaired) electrons. The number of nitrogens with zero attached hydrogens (tertiary/aromatic N) is 1. The summed E-state index contributed by atoms with van der Waals surface area (Å²) in [6, 6.07) is -0.0622. The fraction of sp³-hybridized carbons (Fsp3) is 0.667. The average Bonchev–Trinajstić information content (AvgIpc) is 2.78. The second-order valence-electron chi connectivity index (χ2n) is 4.59. The van der Waals surface area contributed by atoms with Crippen LogP contribution in [0.2, 0.25) is 0 Å². The molecule has 0 spiro atoms. The molecular weight excluding hydrogens is 312 g/mol. The summed E-state index contributed by atoms with van der Waals surface area (Å²) in [6.07, 6.45) is 2.31. The van der Waals surface area contributed by atoms with Crippen LogP contribution in [0.5, 0.6) is 0 Å². The Morgan fingerprint density at radius 3 is 2.90 bits per heavy atom. The molecule has 0 aromatic carbocycles. The Bertz CT molecular complexity index is 493. The van der Waals surface area contributed by atoms with Gasteiger partial charge in [0.1, 0.15) is 10.7 Å². The van der Waals surface area contributed by atoms with E-state index in [0.29, 0.717) is 35.3 Å². The van der Waals surface area contributed by atoms with E-state index in [1.165, 1.54) is 11.3 Å². The number of anilines is 2. The first-order chi connectivity index (χ1) is 9.93. The van der Waals surface area contributed by atoms with Gasteiger partial charge in [0.2, 0.25) is 0 Å². The highest BCUT2D eigenvalue weighted by Crippen LogP contribution is 2.24. The molecule has 1 aromatic rings. The zero-order valence-electron chi connectivity index (χ0n) is 12.5. The fourth-order valence-corrected chi connectivity index (χ4v) is 3.03. The van der Waals surface area contributed by atoms with E-state index in [4.69, 9.17) is 10.5 Å². The largest absolute Gasteiger partial charge is 0.383 e. The summed E-state index contributed by atoms with van der Waals surface area (Å²) in [5.74, 6) is 0.520. The minimum Gasteiger partial charge on any atom is -0.383 e. The number of amides is 1. The van der Waals surface area contributed by atoms with Gasteiger partial charge in [-0.05, 0) is 13.3 Å². The molecule has 9 heteroatoms. The van der Waals surface area contributed by atoms with Crippen molar-refractivity contribution in [2.75, 3.05) is 43.3 Å². The van der Waals surface area contributed by atoms with Gasteiger partial charge in [0.05, 0.1) is 6.61 Å². The number of methoxy groups -OCH3 is 1. The quantitative estimate of drug-likeness (QED) is 0.573. The van der Waals surface area contributed by atoms with E-state index in [2.05, 4.69) is 15.6 Å². The summed E-state index contributed by atoms with van der Waals surface area (Å²) >= 11 is 1.21. The second-order valence-corrected chi connectivity index (χ2v) is 7.15. The molecule has 4 N–H and O–H groups in total. The molecule has 1 amide bonds. The van der Waals surface area contributed by atoms with Crippen molar-refractivity contribution in [1.82, 2.24) is 10.3 Å². The maximum Gasteiger partial charge on any atom is 0.265 e. The molecule has 0 aliphatic heterocycles. The van der Waals surface area contributed by atoms with Crippen LogP contribution in [0.4, 0.5) is 10.9 Å². The third kappa shape index (κ3) is 6.40. The van der Waals surface area contributed by atoms with E-state index < -0.39 is 10.8 Å². The third-order valence-electron chi connectivity index (χ3n) is 2.66. The smallest absolute Gasteiger partial charge is 0.265 e. The van der Waals surface area contributed by atoms with Crippen molar-refractivity contribution in [3.05, 3.63) is 4.88 Å². The molecule has 0 saturated heterocycles. The molecule has 2 atom stereocenters. The van der Waals surface area contributed by atoms with Crippen LogP contribution in [0.25, 0.3) is 0 Å². The predicted octanol–water partition coefficient (Wildman–Crippen LogP) is 0.670. The summed E-state index contributed by atoms with van der Waals surface area (Å²) in [4.78, 5) is 16.6. The highest BCUT2D eigenvalue weighted by atomic mass is 32.2. The predicted molar refractivity (Wildman–Crippen MR) is 87.4 cm³/mol. The van der Waals surface area contributed by atoms with Gasteiger partial charge in [0.15, 0.2) is 5.13 Å². The van der Waals surface area contributed by atoms with E-state index in [1.54, 1.807) is 13.4 Å². The lowest BCUT2D eigenvalue weighted by molar-refractivity contribution is 0.0944. The van der Waals surface area contributed by atoms with Crippen LogP contribution in [0.3, 0.4) is 0 Å². The molecule has 0 aliphatic carbocycles. The zero-order valence-corrected chi connectivity index (χ0v) is 14.1. The Morgan fingerprint density at radius 2 is 2.29 bits per heavy atom. The molecular formula is C12H22N4O3S2. The van der Waals surface area contributed by atoms with Crippen molar-refractivity contribution in [2.45, 2.75) is 19.4 Å². The highest BCUT2D eigenvalue weighted by Gasteiger charge is 2.17. The van der Waals surface area contributed by atoms with Gasteiger partial charge in [0, 0.05) is 42.5 Å². The van der Waals surface area contributed by atoms with Crippen molar-refractivity contribution in [2.24, 2.45) is 0 Å². The fourth-order valence-electron chi connectivity index (χ4n) is 1.53. The second kappa shape index (κ2) is 8.96. The number of rotatable bonds is 9. The van der Waals surface area contributed by atoms with Gasteiger partial charge in [-0.15, -0.1) is 0 Å². The van der Waals surface area contributed by atoms with Crippen LogP contribution in [0.15, 0.2) is 0 Å². The summed E-state index contributed by atoms with van der Waals surface area (Å²) in [5.41, 5.74) is 5.76. The summed E-state index contributed by atoms with van der Waals surface area (Å²) in [5, 5.41) is 6.47. The molecule has 120 valence electrons. The average molecular weight is 334 g/mol. The first-order valence-corrected chi connectivity index (χ1v) is 9.08. The normalized spacial score (nSPS) is 13.7. The van der Waals surface area contributed by atoms with Crippen LogP contribution in [0, 0.1) is 0 Å². The molecule has 0 bridgehead atoms. The summed E-state index contributed by atoms with van der Waals surface area (Å²) in [6.45, 7) is 3.02. The Balaban J connectivity index is 2.55. The summed E-state index contributed by atoms with van der Waals surface area (Å²) < 4.78 is 16.0. The highest BCUT2D eigenvalue weighted by molar-refractivity contribution is 7.84. The molecule has 0 aliphatic rings. The lowest BCUT2D eigenvalue weighted by Gasteiger charge is -2.12. The van der Waals surface area contributed by atoms with Gasteiger partial charge in [-0.3, -0.25) is 9.00 Å². The maximum absolute atomic E-state index is 12.1. The van der Waals surface area contributed by atoms with Gasteiger partial charge in [-0.1, -0.05) is 11.3 Å². The van der Waals surface area contributed by atoms with Crippen molar-refractivity contribution in [3.8, 4) is 0 Å². The van der Waals surface area contributed by atoms with Crippen LogP contribution >= 0.6 is 11.3 Å². The zero-order chi connectivity index (χ0) is 15.8. The molecule has 1 heterocycles. The van der Waals surface area contributed by atoms with Gasteiger partial charge in [0.25, 0.3) is 5.91 Å². The number of nitrogens with one attached hydrogen (secondary N) is 2. The number of thiazole rings is 1. The van der Waals surface area contributed by atoms with Crippen molar-refractivity contribution in [1.29, 1.82) is 0 Å². The lowest BCUT2D eigenvalue weighted by Crippen LogP contribution is -2.33. The molecule has 0 fully saturated rings. The van der Waals surface area contributed by atoms with E-state index in [0.717, 1.165) is 0 Å². The molecule has 7 nitrogen and oxygen atoms in total. The van der Waals surface area contributed by atoms with E-state index in [9.17, 15) is 9.00 Å². The van der Waals surface area contributed by atoms with Gasteiger partial charge < -0.3 is 21.1 Å². The van der Waals surface area contributed by atoms with E-state index >= 15 is 0 Å². The monoisotopic (exact) mass is 334 g/mol. The number of carbonyl (C=O) groups excluding carboxylic acids is 1. The maximum atomic E-state index is 12.1. The number of nitrogen functional groups attached to an aromatic ring is 1. The topological polar surface area (TPSA) is 106 Å². The SMILES string of the molecule is COCCNc1nc(N)c(C(=O)NC(C)CCS(C)=O)s1. The molecule has 1 rings (SSSR count). The van der Waals surface area contributed by atoms with E-state index in [-0.39, 0.29) is 17.8 Å². The molecule has 0 saturated carbocycles. The van der Waals surface area contributed by atoms with Crippen molar-refractivity contribution >= 4 is 39.0 Å². The molecule has 1 aromatic heterocycles. The number of nitrogens with two attached hydrogens (primary N) is 1. The summed E-state index contributed by atoms with van der Waals surface area (Å²) in [7, 11) is 0.754. The van der Waals surface area contributed by atoms with E-state index in [1.807, 2.05) is 6.92 Å². The Kier molecular flexibility index (Phi) is 7.62. The number of aromatic nitrogens is 1. The minimum absolute atomic E-state index is 0.0622. The molecule has 21 heavy (non-hydrogen) atoms. The van der Waals surface area contributed by atoms with Crippen molar-refractivity contribution in [3.63, 3.8) is 0 Å². The van der Waals surface area contributed by atoms with Gasteiger partial charge in [-0.25, -0.2) is 4.98 Å². The van der Waals surface area contributed by atoms with Gasteiger partial charge >= 0.3 is 0 Å². The Labute approximate surface area is 131 Å². The number of ether oxygens (including phenoxy) is 1. The van der Waals surface area contributed by atoms with Crippen LogP contribution in [-0.4, -0.2) is 53.4 Å². The minimum atomic E-state index is -0.858. The number of carbonyl (C=O) groups is 1. The third-order valence-corrected chi connectivity index (χ3v) is 4.50. The first kappa shape index (κ1) is 17.9.